The molecule has 8 heteroatoms. The Hall–Kier alpha value is -11.4. The van der Waals surface area contributed by atoms with Gasteiger partial charge in [-0.3, -0.25) is 4.57 Å². The fourth-order valence-corrected chi connectivity index (χ4v) is 13.6. The fourth-order valence-electron chi connectivity index (χ4n) is 13.6. The van der Waals surface area contributed by atoms with Crippen molar-refractivity contribution in [3.05, 3.63) is 279 Å². The van der Waals surface area contributed by atoms with Crippen LogP contribution in [0, 0.1) is 0 Å². The zero-order chi connectivity index (χ0) is 54.3. The first kappa shape index (κ1) is 45.5. The monoisotopic (exact) mass is 1060 g/mol. The summed E-state index contributed by atoms with van der Waals surface area (Å²) in [7, 11) is 0. The van der Waals surface area contributed by atoms with E-state index in [0.29, 0.717) is 17.6 Å². The summed E-state index contributed by atoms with van der Waals surface area (Å²) in [5, 5.41) is 11.7. The molecule has 0 radical (unpaired) electrons. The predicted molar refractivity (Wildman–Crippen MR) is 342 cm³/mol. The maximum Gasteiger partial charge on any atom is 0.238 e. The van der Waals surface area contributed by atoms with Crippen molar-refractivity contribution >= 4 is 109 Å². The Kier molecular flexibility index (Phi) is 9.64. The molecule has 0 spiro atoms. The van der Waals surface area contributed by atoms with Gasteiger partial charge in [0.1, 0.15) is 0 Å². The molecule has 0 N–H and O–H groups in total. The molecule has 0 amide bonds. The van der Waals surface area contributed by atoms with Crippen LogP contribution in [0.3, 0.4) is 0 Å². The molecule has 0 saturated heterocycles. The average molecular weight is 1060 g/mol. The zero-order valence-corrected chi connectivity index (χ0v) is 44.6. The van der Waals surface area contributed by atoms with Crippen molar-refractivity contribution in [1.82, 2.24) is 37.8 Å². The van der Waals surface area contributed by atoms with Gasteiger partial charge in [-0.1, -0.05) is 206 Å². The summed E-state index contributed by atoms with van der Waals surface area (Å²) in [5.41, 5.74) is 17.1. The molecule has 12 aromatic carbocycles. The van der Waals surface area contributed by atoms with Crippen LogP contribution in [0.1, 0.15) is 0 Å². The summed E-state index contributed by atoms with van der Waals surface area (Å²) in [4.78, 5) is 16.2. The molecule has 0 saturated carbocycles. The van der Waals surface area contributed by atoms with Crippen LogP contribution in [0.15, 0.2) is 279 Å². The van der Waals surface area contributed by atoms with E-state index in [1.807, 2.05) is 36.4 Å². The maximum atomic E-state index is 5.50. The molecule has 0 fully saturated rings. The Morgan fingerprint density at radius 3 is 0.819 bits per heavy atom. The number of fused-ring (bicyclic) bond motifs is 17. The lowest BCUT2D eigenvalue weighted by Gasteiger charge is -2.14. The Labute approximate surface area is 474 Å². The van der Waals surface area contributed by atoms with Gasteiger partial charge >= 0.3 is 0 Å². The van der Waals surface area contributed by atoms with Gasteiger partial charge in [0.05, 0.1) is 55.2 Å². The maximum absolute atomic E-state index is 5.50. The van der Waals surface area contributed by atoms with Gasteiger partial charge in [0.25, 0.3) is 0 Å². The third-order valence-corrected chi connectivity index (χ3v) is 17.1. The third kappa shape index (κ3) is 6.60. The quantitative estimate of drug-likeness (QED) is 0.160. The van der Waals surface area contributed by atoms with Gasteiger partial charge in [-0.05, 0) is 72.8 Å². The van der Waals surface area contributed by atoms with Gasteiger partial charge in [-0.2, -0.15) is 9.97 Å². The molecule has 83 heavy (non-hydrogen) atoms. The summed E-state index contributed by atoms with van der Waals surface area (Å²) in [5.74, 6) is 1.71. The van der Waals surface area contributed by atoms with E-state index in [9.17, 15) is 0 Å². The summed E-state index contributed by atoms with van der Waals surface area (Å²) in [6.07, 6.45) is 0. The van der Waals surface area contributed by atoms with Crippen LogP contribution in [0.4, 0.5) is 0 Å². The van der Waals surface area contributed by atoms with E-state index in [2.05, 4.69) is 265 Å². The Bertz CT molecular complexity index is 5320. The van der Waals surface area contributed by atoms with E-state index in [1.54, 1.807) is 0 Å². The summed E-state index contributed by atoms with van der Waals surface area (Å²) in [6.45, 7) is 0. The summed E-state index contributed by atoms with van der Waals surface area (Å²) >= 11 is 0. The highest BCUT2D eigenvalue weighted by molar-refractivity contribution is 6.26. The van der Waals surface area contributed by atoms with Crippen LogP contribution < -0.4 is 0 Å². The molecule has 0 unspecified atom stereocenters. The van der Waals surface area contributed by atoms with Crippen LogP contribution >= 0.6 is 0 Å². The number of aromatic nitrogens is 8. The molecule has 0 bridgehead atoms. The van der Waals surface area contributed by atoms with Crippen molar-refractivity contribution < 1.29 is 0 Å². The van der Waals surface area contributed by atoms with Gasteiger partial charge < -0.3 is 18.3 Å². The normalized spacial score (nSPS) is 12.1. The third-order valence-electron chi connectivity index (χ3n) is 17.1. The second kappa shape index (κ2) is 17.6. The second-order valence-corrected chi connectivity index (χ2v) is 21.6. The highest BCUT2D eigenvalue weighted by Gasteiger charge is 2.26. The van der Waals surface area contributed by atoms with Crippen molar-refractivity contribution in [2.24, 2.45) is 0 Å². The molecule has 6 heterocycles. The highest BCUT2D eigenvalue weighted by atomic mass is 15.2. The number of benzene rings is 12. The highest BCUT2D eigenvalue weighted by Crippen LogP contribution is 2.46. The molecule has 0 aliphatic rings. The molecule has 0 aliphatic heterocycles. The van der Waals surface area contributed by atoms with Crippen LogP contribution in [0.25, 0.3) is 161 Å². The first-order chi connectivity index (χ1) is 41.2. The number of rotatable bonds is 7. The predicted octanol–water partition coefficient (Wildman–Crippen LogP) is 18.7. The first-order valence-corrected chi connectivity index (χ1v) is 28.2. The van der Waals surface area contributed by atoms with Crippen LogP contribution in [0.2, 0.25) is 0 Å². The Morgan fingerprint density at radius 2 is 0.470 bits per heavy atom. The Balaban J connectivity index is 0.976. The smallest absolute Gasteiger partial charge is 0.238 e. The second-order valence-electron chi connectivity index (χ2n) is 21.6. The standard InChI is InChI=1S/C75H46N8/c1-5-21-47(22-6-1)73-76-74(48-23-7-2-8-24-48)78-75(77-73)83-67-45-51(81-65-35-19-15-31-55(65)61-43-41-59-53-29-13-17-33-63(53)79(69(59)71(61)81)49-25-9-3-10-26-49)37-39-57(67)58-40-38-52(46-68(58)83)82-66-36-20-16-32-56(66)62-44-42-60-54-30-14-18-34-64(54)80(70(60)72(62)82)50-27-11-4-12-28-50/h1-46H. The van der Waals surface area contributed by atoms with Crippen molar-refractivity contribution in [3.63, 3.8) is 0 Å². The zero-order valence-electron chi connectivity index (χ0n) is 44.6. The van der Waals surface area contributed by atoms with Gasteiger partial charge in [0.2, 0.25) is 5.95 Å². The van der Waals surface area contributed by atoms with Crippen LogP contribution in [0.5, 0.6) is 0 Å². The van der Waals surface area contributed by atoms with E-state index >= 15 is 0 Å². The molecular formula is C75H46N8. The topological polar surface area (TPSA) is 63.3 Å². The molecule has 386 valence electrons. The summed E-state index contributed by atoms with van der Waals surface area (Å²) in [6, 6.07) is 100. The molecule has 0 atom stereocenters. The number of hydrogen-bond donors (Lipinski definition) is 0. The van der Waals surface area contributed by atoms with E-state index < -0.39 is 0 Å². The van der Waals surface area contributed by atoms with Gasteiger partial charge in [-0.15, -0.1) is 0 Å². The van der Waals surface area contributed by atoms with Gasteiger partial charge in [-0.25, -0.2) is 4.98 Å². The molecule has 6 aromatic heterocycles. The van der Waals surface area contributed by atoms with E-state index in [1.165, 1.54) is 43.1 Å². The number of para-hydroxylation sites is 6. The van der Waals surface area contributed by atoms with Crippen LogP contribution in [-0.4, -0.2) is 37.8 Å². The lowest BCUT2D eigenvalue weighted by atomic mass is 10.1. The molecule has 0 aliphatic carbocycles. The molecule has 18 aromatic rings. The van der Waals surface area contributed by atoms with Crippen molar-refractivity contribution in [2.75, 3.05) is 0 Å². The van der Waals surface area contributed by atoms with Gasteiger partial charge in [0.15, 0.2) is 11.6 Å². The van der Waals surface area contributed by atoms with Crippen molar-refractivity contribution in [1.29, 1.82) is 0 Å². The minimum Gasteiger partial charge on any atom is -0.307 e. The Morgan fingerprint density at radius 1 is 0.193 bits per heavy atom. The molecule has 18 rings (SSSR count). The molecular weight excluding hydrogens is 1010 g/mol. The van der Waals surface area contributed by atoms with E-state index in [-0.39, 0.29) is 0 Å². The van der Waals surface area contributed by atoms with Crippen molar-refractivity contribution in [2.45, 2.75) is 0 Å². The number of hydrogen-bond acceptors (Lipinski definition) is 3. The largest absolute Gasteiger partial charge is 0.307 e. The van der Waals surface area contributed by atoms with E-state index in [0.717, 1.165) is 99.8 Å². The average Bonchev–Trinajstić information content (AvgIpc) is 3.61. The van der Waals surface area contributed by atoms with Crippen molar-refractivity contribution in [3.8, 4) is 51.5 Å². The molecule has 8 nitrogen and oxygen atoms in total. The first-order valence-electron chi connectivity index (χ1n) is 28.2. The summed E-state index contributed by atoms with van der Waals surface area (Å²) < 4.78 is 12.1. The lowest BCUT2D eigenvalue weighted by Crippen LogP contribution is -2.07. The minimum absolute atomic E-state index is 0.523. The van der Waals surface area contributed by atoms with E-state index in [4.69, 9.17) is 15.0 Å². The lowest BCUT2D eigenvalue weighted by molar-refractivity contribution is 0.952. The fraction of sp³-hybridized carbons (Fsp3) is 0. The SMILES string of the molecule is c1ccc(-c2nc(-c3ccccc3)nc(-n3c4cc(-n5c6ccccc6c6ccc7c8ccccc8n(-c8ccccc8)c7c65)ccc4c4ccc(-n5c6ccccc6c6ccc7c8ccccc8n(-c8ccccc8)c7c65)cc43)n2)cc1. The van der Waals surface area contributed by atoms with Gasteiger partial charge in [0, 0.05) is 87.7 Å². The van der Waals surface area contributed by atoms with Crippen LogP contribution in [-0.2, 0) is 0 Å². The number of nitrogens with zero attached hydrogens (tertiary/aromatic N) is 8. The minimum atomic E-state index is 0.523.